The number of benzene rings is 3. The number of halogens is 1. The SMILES string of the molecule is COc1ccc(-c2noc(C3=C(C)N(Cc4ccccc4)C(=S)NC3c3ccc(F)cc3)n2)cc1. The van der Waals surface area contributed by atoms with Crippen LogP contribution in [0.1, 0.15) is 30.0 Å². The van der Waals surface area contributed by atoms with Gasteiger partial charge in [0.25, 0.3) is 5.89 Å². The summed E-state index contributed by atoms with van der Waals surface area (Å²) >= 11 is 5.74. The Balaban J connectivity index is 1.57. The van der Waals surface area contributed by atoms with Gasteiger partial charge in [-0.1, -0.05) is 47.6 Å². The second-order valence-electron chi connectivity index (χ2n) is 8.16. The topological polar surface area (TPSA) is 63.4 Å². The van der Waals surface area contributed by atoms with E-state index in [1.54, 1.807) is 19.2 Å². The molecule has 3 aromatic carbocycles. The van der Waals surface area contributed by atoms with Gasteiger partial charge >= 0.3 is 0 Å². The van der Waals surface area contributed by atoms with Crippen molar-refractivity contribution in [2.45, 2.75) is 19.5 Å². The summed E-state index contributed by atoms with van der Waals surface area (Å²) in [5, 5.41) is 8.19. The quantitative estimate of drug-likeness (QED) is 0.348. The molecule has 6 nitrogen and oxygen atoms in total. The van der Waals surface area contributed by atoms with Gasteiger partial charge in [-0.05, 0) is 66.7 Å². The van der Waals surface area contributed by atoms with E-state index in [0.29, 0.717) is 23.4 Å². The largest absolute Gasteiger partial charge is 0.497 e. The van der Waals surface area contributed by atoms with Crippen LogP contribution in [0.4, 0.5) is 4.39 Å². The smallest absolute Gasteiger partial charge is 0.258 e. The molecule has 0 saturated carbocycles. The summed E-state index contributed by atoms with van der Waals surface area (Å²) in [6, 6.07) is 23.5. The van der Waals surface area contributed by atoms with E-state index in [0.717, 1.165) is 33.7 Å². The van der Waals surface area contributed by atoms with E-state index in [-0.39, 0.29) is 11.9 Å². The molecule has 0 radical (unpaired) electrons. The van der Waals surface area contributed by atoms with Crippen LogP contribution in [0.3, 0.4) is 0 Å². The molecule has 0 spiro atoms. The number of allylic oxidation sites excluding steroid dienone is 1. The van der Waals surface area contributed by atoms with Gasteiger partial charge in [0.15, 0.2) is 5.11 Å². The van der Waals surface area contributed by atoms with Gasteiger partial charge in [0.2, 0.25) is 5.82 Å². The highest BCUT2D eigenvalue weighted by Crippen LogP contribution is 2.38. The lowest BCUT2D eigenvalue weighted by Crippen LogP contribution is -2.45. The fourth-order valence-electron chi connectivity index (χ4n) is 4.11. The van der Waals surface area contributed by atoms with E-state index in [1.807, 2.05) is 54.3 Å². The predicted molar refractivity (Wildman–Crippen MR) is 136 cm³/mol. The zero-order valence-electron chi connectivity index (χ0n) is 19.2. The van der Waals surface area contributed by atoms with Crippen LogP contribution in [0, 0.1) is 5.82 Å². The van der Waals surface area contributed by atoms with E-state index in [9.17, 15) is 4.39 Å². The second-order valence-corrected chi connectivity index (χ2v) is 8.54. The molecule has 176 valence electrons. The van der Waals surface area contributed by atoms with Crippen molar-refractivity contribution in [2.24, 2.45) is 0 Å². The van der Waals surface area contributed by atoms with Crippen molar-refractivity contribution >= 4 is 22.9 Å². The maximum atomic E-state index is 13.7. The maximum absolute atomic E-state index is 13.7. The Bertz CT molecular complexity index is 1370. The molecule has 4 aromatic rings. The molecule has 0 aliphatic carbocycles. The van der Waals surface area contributed by atoms with Crippen molar-refractivity contribution < 1.29 is 13.7 Å². The van der Waals surface area contributed by atoms with Crippen LogP contribution in [0.15, 0.2) is 89.1 Å². The van der Waals surface area contributed by atoms with Crippen LogP contribution in [-0.4, -0.2) is 27.3 Å². The van der Waals surface area contributed by atoms with E-state index in [2.05, 4.69) is 22.6 Å². The summed E-state index contributed by atoms with van der Waals surface area (Å²) in [5.74, 6) is 1.27. The monoisotopic (exact) mass is 486 g/mol. The second kappa shape index (κ2) is 9.68. The summed E-state index contributed by atoms with van der Waals surface area (Å²) in [6.45, 7) is 2.57. The summed E-state index contributed by atoms with van der Waals surface area (Å²) in [4.78, 5) is 6.72. The van der Waals surface area contributed by atoms with Crippen LogP contribution in [0.5, 0.6) is 5.75 Å². The van der Waals surface area contributed by atoms with E-state index >= 15 is 0 Å². The van der Waals surface area contributed by atoms with E-state index < -0.39 is 0 Å². The lowest BCUT2D eigenvalue weighted by molar-refractivity contribution is 0.396. The van der Waals surface area contributed by atoms with E-state index in [1.165, 1.54) is 12.1 Å². The van der Waals surface area contributed by atoms with Gasteiger partial charge in [-0.25, -0.2) is 4.39 Å². The molecule has 0 bridgehead atoms. The lowest BCUT2D eigenvalue weighted by Gasteiger charge is -2.37. The van der Waals surface area contributed by atoms with Crippen LogP contribution in [0.2, 0.25) is 0 Å². The number of hydrogen-bond acceptors (Lipinski definition) is 5. The van der Waals surface area contributed by atoms with Crippen molar-refractivity contribution in [3.63, 3.8) is 0 Å². The molecule has 1 unspecified atom stereocenters. The fraction of sp³-hybridized carbons (Fsp3) is 0.148. The highest BCUT2D eigenvalue weighted by atomic mass is 32.1. The van der Waals surface area contributed by atoms with Gasteiger partial charge in [0.1, 0.15) is 11.6 Å². The highest BCUT2D eigenvalue weighted by molar-refractivity contribution is 7.80. The van der Waals surface area contributed by atoms with Crippen molar-refractivity contribution in [3.05, 3.63) is 107 Å². The molecule has 1 atom stereocenters. The zero-order valence-corrected chi connectivity index (χ0v) is 20.1. The minimum absolute atomic E-state index is 0.306. The number of aromatic nitrogens is 2. The van der Waals surface area contributed by atoms with Crippen LogP contribution < -0.4 is 10.1 Å². The minimum Gasteiger partial charge on any atom is -0.497 e. The van der Waals surface area contributed by atoms with E-state index in [4.69, 9.17) is 26.5 Å². The molecular formula is C27H23FN4O2S. The number of thiocarbonyl (C=S) groups is 1. The van der Waals surface area contributed by atoms with Gasteiger partial charge in [0, 0.05) is 17.8 Å². The average Bonchev–Trinajstić information content (AvgIpc) is 3.37. The summed E-state index contributed by atoms with van der Waals surface area (Å²) in [5.41, 5.74) is 4.43. The summed E-state index contributed by atoms with van der Waals surface area (Å²) in [7, 11) is 1.62. The molecule has 1 aromatic heterocycles. The van der Waals surface area contributed by atoms with Gasteiger partial charge in [0.05, 0.1) is 18.7 Å². The van der Waals surface area contributed by atoms with Gasteiger partial charge in [-0.15, -0.1) is 0 Å². The van der Waals surface area contributed by atoms with Gasteiger partial charge in [-0.3, -0.25) is 0 Å². The Morgan fingerprint density at radius 2 is 1.74 bits per heavy atom. The molecule has 0 fully saturated rings. The Hall–Kier alpha value is -4.04. The van der Waals surface area contributed by atoms with Crippen molar-refractivity contribution in [2.75, 3.05) is 7.11 Å². The molecule has 0 saturated heterocycles. The number of rotatable bonds is 6. The van der Waals surface area contributed by atoms with Crippen molar-refractivity contribution in [1.82, 2.24) is 20.4 Å². The van der Waals surface area contributed by atoms with Gasteiger partial charge < -0.3 is 19.5 Å². The average molecular weight is 487 g/mol. The third-order valence-corrected chi connectivity index (χ3v) is 6.33. The van der Waals surface area contributed by atoms with Crippen LogP contribution >= 0.6 is 12.2 Å². The third-order valence-electron chi connectivity index (χ3n) is 5.99. The first-order chi connectivity index (χ1) is 17.0. The Morgan fingerprint density at radius 1 is 1.03 bits per heavy atom. The first-order valence-electron chi connectivity index (χ1n) is 11.1. The lowest BCUT2D eigenvalue weighted by atomic mass is 9.94. The number of ether oxygens (including phenoxy) is 1. The fourth-order valence-corrected chi connectivity index (χ4v) is 4.43. The number of hydrogen-bond donors (Lipinski definition) is 1. The van der Waals surface area contributed by atoms with Crippen molar-refractivity contribution in [1.29, 1.82) is 0 Å². The van der Waals surface area contributed by atoms with Crippen LogP contribution in [0.25, 0.3) is 17.0 Å². The number of methoxy groups -OCH3 is 1. The van der Waals surface area contributed by atoms with Gasteiger partial charge in [-0.2, -0.15) is 4.98 Å². The molecular weight excluding hydrogens is 463 g/mol. The first-order valence-corrected chi connectivity index (χ1v) is 11.5. The third kappa shape index (κ3) is 4.65. The normalized spacial score (nSPS) is 15.8. The molecule has 5 rings (SSSR count). The van der Waals surface area contributed by atoms with Crippen molar-refractivity contribution in [3.8, 4) is 17.1 Å². The molecule has 0 amide bonds. The maximum Gasteiger partial charge on any atom is 0.258 e. The molecule has 1 aliphatic heterocycles. The zero-order chi connectivity index (χ0) is 24.4. The number of nitrogens with one attached hydrogen (secondary N) is 1. The van der Waals surface area contributed by atoms with Crippen LogP contribution in [-0.2, 0) is 6.54 Å². The molecule has 2 heterocycles. The first kappa shape index (κ1) is 22.7. The Kier molecular flexibility index (Phi) is 6.29. The predicted octanol–water partition coefficient (Wildman–Crippen LogP) is 5.75. The Morgan fingerprint density at radius 3 is 2.43 bits per heavy atom. The summed E-state index contributed by atoms with van der Waals surface area (Å²) < 4.78 is 24.7. The molecule has 35 heavy (non-hydrogen) atoms. The Labute approximate surface area is 208 Å². The molecule has 1 aliphatic rings. The molecule has 1 N–H and O–H groups in total. The summed E-state index contributed by atoms with van der Waals surface area (Å²) in [6.07, 6.45) is 0. The standard InChI is InChI=1S/C27H23FN4O2S/c1-17-23(26-30-25(31-34-26)20-10-14-22(33-2)15-11-20)24(19-8-12-21(28)13-9-19)29-27(35)32(17)16-18-6-4-3-5-7-18/h3-15,24H,16H2,1-2H3,(H,29,35). The molecule has 8 heteroatoms. The minimum atomic E-state index is -0.376. The number of nitrogens with zero attached hydrogens (tertiary/aromatic N) is 3. The highest BCUT2D eigenvalue weighted by Gasteiger charge is 2.34.